The van der Waals surface area contributed by atoms with Gasteiger partial charge in [-0.15, -0.1) is 0 Å². The monoisotopic (exact) mass is 218 g/mol. The molecule has 1 heterocycles. The summed E-state index contributed by atoms with van der Waals surface area (Å²) in [7, 11) is 0. The molecule has 0 bridgehead atoms. The van der Waals surface area contributed by atoms with E-state index in [-0.39, 0.29) is 0 Å². The Morgan fingerprint density at radius 1 is 1.25 bits per heavy atom. The molecule has 0 radical (unpaired) electrons. The first kappa shape index (κ1) is 11.6. The van der Waals surface area contributed by atoms with Crippen molar-refractivity contribution in [1.82, 2.24) is 10.2 Å². The summed E-state index contributed by atoms with van der Waals surface area (Å²) in [6.45, 7) is 8.99. The highest BCUT2D eigenvalue weighted by Crippen LogP contribution is 2.23. The van der Waals surface area contributed by atoms with Crippen LogP contribution in [0.5, 0.6) is 0 Å². The first-order valence-electron chi connectivity index (χ1n) is 6.32. The standard InChI is InChI=1S/C14H22N2/c1-3-8-15-9-12(2)16-10-13-6-4-5-7-14(13)11-16/h4-7,12,15H,3,8-11H2,1-2H3. The summed E-state index contributed by atoms with van der Waals surface area (Å²) < 4.78 is 0. The van der Waals surface area contributed by atoms with Gasteiger partial charge in [-0.2, -0.15) is 0 Å². The second kappa shape index (κ2) is 5.46. The summed E-state index contributed by atoms with van der Waals surface area (Å²) >= 11 is 0. The van der Waals surface area contributed by atoms with E-state index in [2.05, 4.69) is 48.3 Å². The molecule has 1 unspecified atom stereocenters. The average molecular weight is 218 g/mol. The Kier molecular flexibility index (Phi) is 3.97. The molecular weight excluding hydrogens is 196 g/mol. The molecule has 2 nitrogen and oxygen atoms in total. The van der Waals surface area contributed by atoms with Gasteiger partial charge in [0.2, 0.25) is 0 Å². The molecule has 0 aromatic heterocycles. The molecule has 0 spiro atoms. The fraction of sp³-hybridized carbons (Fsp3) is 0.571. The van der Waals surface area contributed by atoms with Crippen molar-refractivity contribution in [3.05, 3.63) is 35.4 Å². The molecule has 1 aliphatic rings. The number of fused-ring (bicyclic) bond motifs is 1. The third kappa shape index (κ3) is 2.63. The normalized spacial score (nSPS) is 17.4. The number of nitrogens with zero attached hydrogens (tertiary/aromatic N) is 1. The molecule has 2 rings (SSSR count). The highest BCUT2D eigenvalue weighted by molar-refractivity contribution is 5.30. The lowest BCUT2D eigenvalue weighted by Gasteiger charge is -2.24. The van der Waals surface area contributed by atoms with Gasteiger partial charge >= 0.3 is 0 Å². The van der Waals surface area contributed by atoms with Gasteiger partial charge < -0.3 is 5.32 Å². The minimum atomic E-state index is 0.624. The van der Waals surface area contributed by atoms with Crippen LogP contribution in [0.25, 0.3) is 0 Å². The number of benzene rings is 1. The molecule has 1 N–H and O–H groups in total. The van der Waals surface area contributed by atoms with E-state index >= 15 is 0 Å². The highest BCUT2D eigenvalue weighted by Gasteiger charge is 2.21. The van der Waals surface area contributed by atoms with Crippen LogP contribution in [-0.2, 0) is 13.1 Å². The SMILES string of the molecule is CCCNCC(C)N1Cc2ccccc2C1. The zero-order valence-electron chi connectivity index (χ0n) is 10.4. The van der Waals surface area contributed by atoms with Gasteiger partial charge in [0.25, 0.3) is 0 Å². The molecule has 2 heteroatoms. The van der Waals surface area contributed by atoms with Crippen molar-refractivity contribution < 1.29 is 0 Å². The molecule has 1 aliphatic heterocycles. The Morgan fingerprint density at radius 2 is 1.88 bits per heavy atom. The fourth-order valence-electron chi connectivity index (χ4n) is 2.29. The molecule has 1 aromatic rings. The zero-order chi connectivity index (χ0) is 11.4. The van der Waals surface area contributed by atoms with E-state index in [1.807, 2.05) is 0 Å². The quantitative estimate of drug-likeness (QED) is 0.763. The third-order valence-electron chi connectivity index (χ3n) is 3.36. The summed E-state index contributed by atoms with van der Waals surface area (Å²) in [6, 6.07) is 9.41. The van der Waals surface area contributed by atoms with E-state index in [1.165, 1.54) is 17.5 Å². The van der Waals surface area contributed by atoms with Crippen molar-refractivity contribution in [3.63, 3.8) is 0 Å². The van der Waals surface area contributed by atoms with E-state index in [0.29, 0.717) is 6.04 Å². The molecular formula is C14H22N2. The van der Waals surface area contributed by atoms with Crippen LogP contribution >= 0.6 is 0 Å². The van der Waals surface area contributed by atoms with Crippen LogP contribution in [0.1, 0.15) is 31.4 Å². The summed E-state index contributed by atoms with van der Waals surface area (Å²) in [5.41, 5.74) is 3.01. The lowest BCUT2D eigenvalue weighted by molar-refractivity contribution is 0.208. The molecule has 0 saturated heterocycles. The summed E-state index contributed by atoms with van der Waals surface area (Å²) in [5, 5.41) is 3.50. The Hall–Kier alpha value is -0.860. The van der Waals surface area contributed by atoms with Crippen molar-refractivity contribution in [2.75, 3.05) is 13.1 Å². The molecule has 88 valence electrons. The Morgan fingerprint density at radius 3 is 2.44 bits per heavy atom. The minimum absolute atomic E-state index is 0.624. The second-order valence-electron chi connectivity index (χ2n) is 4.73. The van der Waals surface area contributed by atoms with Crippen molar-refractivity contribution >= 4 is 0 Å². The Balaban J connectivity index is 1.86. The number of hydrogen-bond donors (Lipinski definition) is 1. The summed E-state index contributed by atoms with van der Waals surface area (Å²) in [4.78, 5) is 2.55. The topological polar surface area (TPSA) is 15.3 Å². The van der Waals surface area contributed by atoms with Crippen molar-refractivity contribution in [3.8, 4) is 0 Å². The number of nitrogens with one attached hydrogen (secondary N) is 1. The van der Waals surface area contributed by atoms with Crippen LogP contribution in [0, 0.1) is 0 Å². The van der Waals surface area contributed by atoms with E-state index in [1.54, 1.807) is 0 Å². The molecule has 1 aromatic carbocycles. The van der Waals surface area contributed by atoms with Crippen LogP contribution in [0.2, 0.25) is 0 Å². The predicted molar refractivity (Wildman–Crippen MR) is 68.3 cm³/mol. The van der Waals surface area contributed by atoms with Crippen molar-refractivity contribution in [2.45, 2.75) is 39.4 Å². The molecule has 0 amide bonds. The van der Waals surface area contributed by atoms with Gasteiger partial charge in [0.05, 0.1) is 0 Å². The van der Waals surface area contributed by atoms with Gasteiger partial charge in [0.15, 0.2) is 0 Å². The first-order chi connectivity index (χ1) is 7.81. The largest absolute Gasteiger partial charge is 0.315 e. The molecule has 0 aliphatic carbocycles. The van der Waals surface area contributed by atoms with Gasteiger partial charge in [0, 0.05) is 25.7 Å². The Labute approximate surface area is 98.7 Å². The highest BCUT2D eigenvalue weighted by atomic mass is 15.2. The predicted octanol–water partition coefficient (Wildman–Crippen LogP) is 2.39. The van der Waals surface area contributed by atoms with Crippen LogP contribution in [0.4, 0.5) is 0 Å². The lowest BCUT2D eigenvalue weighted by atomic mass is 10.1. The van der Waals surface area contributed by atoms with E-state index in [9.17, 15) is 0 Å². The number of rotatable bonds is 5. The maximum Gasteiger partial charge on any atom is 0.0243 e. The average Bonchev–Trinajstić information content (AvgIpc) is 2.73. The third-order valence-corrected chi connectivity index (χ3v) is 3.36. The van der Waals surface area contributed by atoms with Crippen LogP contribution in [0.15, 0.2) is 24.3 Å². The molecule has 0 saturated carbocycles. The van der Waals surface area contributed by atoms with Gasteiger partial charge in [-0.3, -0.25) is 4.90 Å². The first-order valence-corrected chi connectivity index (χ1v) is 6.32. The fourth-order valence-corrected chi connectivity index (χ4v) is 2.29. The van der Waals surface area contributed by atoms with E-state index in [4.69, 9.17) is 0 Å². The van der Waals surface area contributed by atoms with Crippen LogP contribution in [0.3, 0.4) is 0 Å². The van der Waals surface area contributed by atoms with Crippen LogP contribution < -0.4 is 5.32 Å². The maximum absolute atomic E-state index is 3.50. The van der Waals surface area contributed by atoms with Crippen molar-refractivity contribution in [2.24, 2.45) is 0 Å². The molecule has 0 fully saturated rings. The van der Waals surface area contributed by atoms with Gasteiger partial charge in [-0.05, 0) is 31.0 Å². The van der Waals surface area contributed by atoms with Crippen molar-refractivity contribution in [1.29, 1.82) is 0 Å². The van der Waals surface area contributed by atoms with E-state index < -0.39 is 0 Å². The summed E-state index contributed by atoms with van der Waals surface area (Å²) in [5.74, 6) is 0. The number of hydrogen-bond acceptors (Lipinski definition) is 2. The minimum Gasteiger partial charge on any atom is -0.315 e. The Bertz CT molecular complexity index is 310. The van der Waals surface area contributed by atoms with Gasteiger partial charge in [0.1, 0.15) is 0 Å². The lowest BCUT2D eigenvalue weighted by Crippen LogP contribution is -2.37. The summed E-state index contributed by atoms with van der Waals surface area (Å²) in [6.07, 6.45) is 1.22. The molecule has 16 heavy (non-hydrogen) atoms. The van der Waals surface area contributed by atoms with Gasteiger partial charge in [-0.25, -0.2) is 0 Å². The van der Waals surface area contributed by atoms with E-state index in [0.717, 1.165) is 26.2 Å². The molecule has 1 atom stereocenters. The zero-order valence-corrected chi connectivity index (χ0v) is 10.4. The second-order valence-corrected chi connectivity index (χ2v) is 4.73. The smallest absolute Gasteiger partial charge is 0.0243 e. The van der Waals surface area contributed by atoms with Crippen LogP contribution in [-0.4, -0.2) is 24.0 Å². The maximum atomic E-state index is 3.50. The van der Waals surface area contributed by atoms with Gasteiger partial charge in [-0.1, -0.05) is 31.2 Å².